The fourth-order valence-electron chi connectivity index (χ4n) is 1.69. The van der Waals surface area contributed by atoms with Crippen molar-refractivity contribution in [1.29, 1.82) is 0 Å². The molecule has 0 radical (unpaired) electrons. The topological polar surface area (TPSA) is 61.5 Å². The van der Waals surface area contributed by atoms with Crippen molar-refractivity contribution in [2.45, 2.75) is 25.8 Å². The van der Waals surface area contributed by atoms with Crippen LogP contribution in [0, 0.1) is 0 Å². The van der Waals surface area contributed by atoms with Crippen LogP contribution in [0.3, 0.4) is 0 Å². The van der Waals surface area contributed by atoms with Crippen molar-refractivity contribution in [2.24, 2.45) is 5.73 Å². The van der Waals surface area contributed by atoms with E-state index in [1.54, 1.807) is 13.8 Å². The average Bonchev–Trinajstić information content (AvgIpc) is 2.36. The van der Waals surface area contributed by atoms with Gasteiger partial charge in [0.05, 0.1) is 18.8 Å². The number of alkyl halides is 3. The monoisotopic (exact) mass is 389 g/mol. The number of nitrogens with two attached hydrogens (primary N) is 1. The minimum atomic E-state index is -4.53. The molecular formula is C12H16BrF3NO3P. The van der Waals surface area contributed by atoms with E-state index < -0.39 is 25.1 Å². The maximum absolute atomic E-state index is 12.8. The lowest BCUT2D eigenvalue weighted by molar-refractivity contribution is -0.137. The highest BCUT2D eigenvalue weighted by atomic mass is 79.9. The lowest BCUT2D eigenvalue weighted by atomic mass is 10.1. The predicted octanol–water partition coefficient (Wildman–Crippen LogP) is 4.69. The van der Waals surface area contributed by atoms with Gasteiger partial charge in [-0.1, -0.05) is 15.9 Å². The summed E-state index contributed by atoms with van der Waals surface area (Å²) in [5.74, 6) is -1.30. The van der Waals surface area contributed by atoms with Gasteiger partial charge in [0.15, 0.2) is 0 Å². The Morgan fingerprint density at radius 3 is 2.19 bits per heavy atom. The second-order valence-corrected chi connectivity index (χ2v) is 7.16. The van der Waals surface area contributed by atoms with Gasteiger partial charge < -0.3 is 14.8 Å². The van der Waals surface area contributed by atoms with Crippen molar-refractivity contribution in [3.8, 4) is 0 Å². The van der Waals surface area contributed by atoms with Crippen LogP contribution in [0.1, 0.15) is 30.8 Å². The molecule has 0 bridgehead atoms. The Labute approximate surface area is 129 Å². The van der Waals surface area contributed by atoms with Gasteiger partial charge in [-0.25, -0.2) is 0 Å². The molecule has 1 aromatic rings. The molecule has 0 aliphatic heterocycles. The van der Waals surface area contributed by atoms with Crippen LogP contribution < -0.4 is 5.73 Å². The minimum Gasteiger partial charge on any atom is -0.314 e. The molecule has 9 heteroatoms. The molecule has 0 saturated heterocycles. The maximum atomic E-state index is 12.8. The zero-order valence-electron chi connectivity index (χ0n) is 11.5. The molecule has 21 heavy (non-hydrogen) atoms. The highest BCUT2D eigenvalue weighted by Crippen LogP contribution is 2.58. The van der Waals surface area contributed by atoms with E-state index in [0.29, 0.717) is 0 Å². The van der Waals surface area contributed by atoms with Crippen molar-refractivity contribution in [1.82, 2.24) is 0 Å². The molecule has 1 rings (SSSR count). The Bertz CT molecular complexity index is 529. The van der Waals surface area contributed by atoms with Crippen LogP contribution in [-0.4, -0.2) is 13.2 Å². The quantitative estimate of drug-likeness (QED) is 0.716. The first-order valence-electron chi connectivity index (χ1n) is 6.16. The molecule has 0 fully saturated rings. The van der Waals surface area contributed by atoms with Crippen molar-refractivity contribution in [2.75, 3.05) is 13.2 Å². The van der Waals surface area contributed by atoms with Gasteiger partial charge in [0.25, 0.3) is 0 Å². The third-order valence-corrected chi connectivity index (χ3v) is 5.22. The third-order valence-electron chi connectivity index (χ3n) is 2.55. The second-order valence-electron chi connectivity index (χ2n) is 4.09. The highest BCUT2D eigenvalue weighted by Gasteiger charge is 2.37. The number of hydrogen-bond donors (Lipinski definition) is 1. The first-order valence-corrected chi connectivity index (χ1v) is 8.56. The Balaban J connectivity index is 3.25. The summed E-state index contributed by atoms with van der Waals surface area (Å²) in [6.45, 7) is 3.34. The summed E-state index contributed by atoms with van der Waals surface area (Å²) >= 11 is 2.99. The van der Waals surface area contributed by atoms with E-state index in [1.807, 2.05) is 0 Å². The summed E-state index contributed by atoms with van der Waals surface area (Å²) in [4.78, 5) is 0. The molecule has 4 nitrogen and oxygen atoms in total. The van der Waals surface area contributed by atoms with E-state index in [-0.39, 0.29) is 23.2 Å². The molecule has 120 valence electrons. The second kappa shape index (κ2) is 7.24. The van der Waals surface area contributed by atoms with Crippen LogP contribution in [0.5, 0.6) is 0 Å². The van der Waals surface area contributed by atoms with Gasteiger partial charge in [-0.3, -0.25) is 4.57 Å². The lowest BCUT2D eigenvalue weighted by Gasteiger charge is -2.24. The molecule has 0 unspecified atom stereocenters. The SMILES string of the molecule is CCOP(=O)(OCC)[C@H](N)c1cc(Br)cc(C(F)(F)F)c1. The molecule has 0 saturated carbocycles. The van der Waals surface area contributed by atoms with Gasteiger partial charge in [0.1, 0.15) is 5.78 Å². The van der Waals surface area contributed by atoms with E-state index >= 15 is 0 Å². The number of benzene rings is 1. The van der Waals surface area contributed by atoms with Gasteiger partial charge in [0.2, 0.25) is 0 Å². The fourth-order valence-corrected chi connectivity index (χ4v) is 3.83. The van der Waals surface area contributed by atoms with Crippen molar-refractivity contribution in [3.63, 3.8) is 0 Å². The summed E-state index contributed by atoms with van der Waals surface area (Å²) in [5.41, 5.74) is 4.97. The standard InChI is InChI=1S/C12H16BrF3NO3P/c1-3-19-21(18,20-4-2)11(17)8-5-9(12(14,15)16)7-10(13)6-8/h5-7,11H,3-4,17H2,1-2H3/t11-/m0/s1. The molecule has 0 heterocycles. The smallest absolute Gasteiger partial charge is 0.314 e. The Morgan fingerprint density at radius 2 is 1.76 bits per heavy atom. The first-order chi connectivity index (χ1) is 9.64. The summed E-state index contributed by atoms with van der Waals surface area (Å²) in [5, 5.41) is 0. The summed E-state index contributed by atoms with van der Waals surface area (Å²) in [6, 6.07) is 3.13. The molecule has 1 atom stereocenters. The molecule has 0 spiro atoms. The van der Waals surface area contributed by atoms with Crippen LogP contribution in [-0.2, 0) is 19.8 Å². The van der Waals surface area contributed by atoms with Gasteiger partial charge in [-0.05, 0) is 37.6 Å². The van der Waals surface area contributed by atoms with E-state index in [2.05, 4.69) is 15.9 Å². The summed E-state index contributed by atoms with van der Waals surface area (Å²) in [6.07, 6.45) is -4.53. The van der Waals surface area contributed by atoms with Crippen LogP contribution in [0.4, 0.5) is 13.2 Å². The van der Waals surface area contributed by atoms with E-state index in [9.17, 15) is 17.7 Å². The predicted molar refractivity (Wildman–Crippen MR) is 76.9 cm³/mol. The van der Waals surface area contributed by atoms with Crippen molar-refractivity contribution >= 4 is 23.5 Å². The van der Waals surface area contributed by atoms with Crippen LogP contribution >= 0.6 is 23.5 Å². The molecule has 0 aliphatic rings. The normalized spacial score (nSPS) is 14.2. The Kier molecular flexibility index (Phi) is 6.43. The number of hydrogen-bond acceptors (Lipinski definition) is 4. The highest BCUT2D eigenvalue weighted by molar-refractivity contribution is 9.10. The minimum absolute atomic E-state index is 0.0296. The van der Waals surface area contributed by atoms with Gasteiger partial charge in [-0.15, -0.1) is 0 Å². The molecule has 0 amide bonds. The van der Waals surface area contributed by atoms with Crippen molar-refractivity contribution < 1.29 is 26.8 Å². The Morgan fingerprint density at radius 1 is 1.24 bits per heavy atom. The van der Waals surface area contributed by atoms with Gasteiger partial charge in [0, 0.05) is 4.47 Å². The number of halogens is 4. The van der Waals surface area contributed by atoms with Crippen LogP contribution in [0.25, 0.3) is 0 Å². The molecule has 0 aliphatic carbocycles. The van der Waals surface area contributed by atoms with E-state index in [4.69, 9.17) is 14.8 Å². The molecule has 2 N–H and O–H groups in total. The maximum Gasteiger partial charge on any atom is 0.416 e. The van der Waals surface area contributed by atoms with E-state index in [0.717, 1.165) is 12.1 Å². The van der Waals surface area contributed by atoms with Crippen LogP contribution in [0.2, 0.25) is 0 Å². The Hall–Kier alpha value is -0.400. The summed E-state index contributed by atoms with van der Waals surface area (Å²) < 4.78 is 61.3. The van der Waals surface area contributed by atoms with Crippen LogP contribution in [0.15, 0.2) is 22.7 Å². The average molecular weight is 390 g/mol. The largest absolute Gasteiger partial charge is 0.416 e. The zero-order chi connectivity index (χ0) is 16.3. The van der Waals surface area contributed by atoms with Crippen molar-refractivity contribution in [3.05, 3.63) is 33.8 Å². The van der Waals surface area contributed by atoms with E-state index in [1.165, 1.54) is 6.07 Å². The van der Waals surface area contributed by atoms with Gasteiger partial charge in [-0.2, -0.15) is 13.2 Å². The lowest BCUT2D eigenvalue weighted by Crippen LogP contribution is -2.16. The molecule has 0 aromatic heterocycles. The molecular weight excluding hydrogens is 374 g/mol. The summed E-state index contributed by atoms with van der Waals surface area (Å²) in [7, 11) is -3.73. The molecule has 1 aromatic carbocycles. The fraction of sp³-hybridized carbons (Fsp3) is 0.500. The number of rotatable bonds is 6. The third kappa shape index (κ3) is 4.79. The zero-order valence-corrected chi connectivity index (χ0v) is 14.0. The van der Waals surface area contributed by atoms with Gasteiger partial charge >= 0.3 is 13.8 Å². The first kappa shape index (κ1) is 18.6.